The molecule has 0 saturated heterocycles. The van der Waals surface area contributed by atoms with Gasteiger partial charge in [0.05, 0.1) is 17.1 Å². The van der Waals surface area contributed by atoms with Crippen molar-refractivity contribution in [1.29, 1.82) is 0 Å². The summed E-state index contributed by atoms with van der Waals surface area (Å²) in [5.41, 5.74) is 9.74. The molecule has 2 unspecified atom stereocenters. The Morgan fingerprint density at radius 1 is 1.05 bits per heavy atom. The molecule has 0 saturated carbocycles. The molecule has 108 valence electrons. The maximum atomic E-state index is 6.33. The summed E-state index contributed by atoms with van der Waals surface area (Å²) >= 11 is 0. The molecule has 0 radical (unpaired) electrons. The molecule has 0 aliphatic rings. The maximum Gasteiger partial charge on any atom is 0.110 e. The number of aryl methyl sites for hydroxylation is 1. The monoisotopic (exact) mass is 279 g/mol. The Hall–Kier alpha value is -2.13. The minimum absolute atomic E-state index is 0.00954. The molecule has 1 aromatic heterocycles. The van der Waals surface area contributed by atoms with Crippen LogP contribution in [0.1, 0.15) is 31.3 Å². The molecule has 0 fully saturated rings. The van der Waals surface area contributed by atoms with Crippen LogP contribution in [0.5, 0.6) is 0 Å². The van der Waals surface area contributed by atoms with Crippen molar-refractivity contribution >= 4 is 11.0 Å². The van der Waals surface area contributed by atoms with Gasteiger partial charge in [0.15, 0.2) is 0 Å². The number of rotatable bonds is 4. The number of nitrogens with zero attached hydrogens (tertiary/aromatic N) is 2. The average Bonchev–Trinajstić information content (AvgIpc) is 2.87. The van der Waals surface area contributed by atoms with E-state index < -0.39 is 0 Å². The van der Waals surface area contributed by atoms with Crippen LogP contribution in [-0.4, -0.2) is 15.6 Å². The van der Waals surface area contributed by atoms with E-state index in [-0.39, 0.29) is 12.1 Å². The predicted octanol–water partition coefficient (Wildman–Crippen LogP) is 3.54. The van der Waals surface area contributed by atoms with Crippen molar-refractivity contribution in [3.63, 3.8) is 0 Å². The van der Waals surface area contributed by atoms with Crippen molar-refractivity contribution in [3.05, 3.63) is 66.0 Å². The quantitative estimate of drug-likeness (QED) is 0.794. The molecule has 0 spiro atoms. The number of imidazole rings is 1. The minimum atomic E-state index is 0.00954. The van der Waals surface area contributed by atoms with Crippen LogP contribution in [0.25, 0.3) is 11.0 Å². The van der Waals surface area contributed by atoms with E-state index >= 15 is 0 Å². The highest BCUT2D eigenvalue weighted by molar-refractivity contribution is 5.76. The highest BCUT2D eigenvalue weighted by Gasteiger charge is 2.23. The Kier molecular flexibility index (Phi) is 3.76. The molecule has 0 bridgehead atoms. The lowest BCUT2D eigenvalue weighted by Gasteiger charge is -2.25. The third-order valence-corrected chi connectivity index (χ3v) is 3.90. The predicted molar refractivity (Wildman–Crippen MR) is 87.3 cm³/mol. The first-order valence-electron chi connectivity index (χ1n) is 7.48. The summed E-state index contributed by atoms with van der Waals surface area (Å²) in [4.78, 5) is 4.77. The molecular weight excluding hydrogens is 258 g/mol. The lowest BCUT2D eigenvalue weighted by molar-refractivity contribution is 0.492. The Balaban J connectivity index is 2.25. The van der Waals surface area contributed by atoms with Crippen LogP contribution < -0.4 is 5.73 Å². The second-order valence-corrected chi connectivity index (χ2v) is 5.45. The topological polar surface area (TPSA) is 43.8 Å². The number of nitrogens with two attached hydrogens (primary N) is 1. The third kappa shape index (κ3) is 2.45. The number of benzene rings is 2. The molecule has 2 aromatic carbocycles. The smallest absolute Gasteiger partial charge is 0.110 e. The fourth-order valence-electron chi connectivity index (χ4n) is 2.99. The van der Waals surface area contributed by atoms with Crippen LogP contribution in [-0.2, 0) is 6.42 Å². The van der Waals surface area contributed by atoms with Crippen LogP contribution in [0, 0.1) is 0 Å². The van der Waals surface area contributed by atoms with Crippen molar-refractivity contribution in [3.8, 4) is 0 Å². The van der Waals surface area contributed by atoms with E-state index in [4.69, 9.17) is 10.7 Å². The molecule has 21 heavy (non-hydrogen) atoms. The first-order chi connectivity index (χ1) is 10.2. The van der Waals surface area contributed by atoms with Gasteiger partial charge in [0.1, 0.15) is 5.82 Å². The summed E-state index contributed by atoms with van der Waals surface area (Å²) < 4.78 is 2.30. The van der Waals surface area contributed by atoms with E-state index in [0.29, 0.717) is 0 Å². The van der Waals surface area contributed by atoms with Crippen LogP contribution in [0.2, 0.25) is 0 Å². The van der Waals surface area contributed by atoms with Crippen molar-refractivity contribution in [2.24, 2.45) is 5.73 Å². The second kappa shape index (κ2) is 5.70. The molecule has 2 N–H and O–H groups in total. The zero-order valence-electron chi connectivity index (χ0n) is 12.5. The Morgan fingerprint density at radius 3 is 2.38 bits per heavy atom. The summed E-state index contributed by atoms with van der Waals surface area (Å²) in [6, 6.07) is 18.8. The molecule has 0 aliphatic heterocycles. The zero-order valence-corrected chi connectivity index (χ0v) is 12.5. The lowest BCUT2D eigenvalue weighted by atomic mass is 10.00. The van der Waals surface area contributed by atoms with Gasteiger partial charge in [-0.15, -0.1) is 0 Å². The van der Waals surface area contributed by atoms with Crippen LogP contribution in [0.3, 0.4) is 0 Å². The fraction of sp³-hybridized carbons (Fsp3) is 0.278. The summed E-state index contributed by atoms with van der Waals surface area (Å²) in [6.07, 6.45) is 0.894. The van der Waals surface area contributed by atoms with Gasteiger partial charge in [0, 0.05) is 12.5 Å². The molecule has 1 heterocycles. The number of para-hydroxylation sites is 2. The minimum Gasteiger partial charge on any atom is -0.326 e. The standard InChI is InChI=1S/C18H21N3/c1-3-17-20-15-11-7-8-12-16(15)21(17)18(13(2)19)14-9-5-4-6-10-14/h4-13,18H,3,19H2,1-2H3. The Morgan fingerprint density at radius 2 is 1.71 bits per heavy atom. The van der Waals surface area contributed by atoms with Crippen LogP contribution in [0.15, 0.2) is 54.6 Å². The molecule has 0 amide bonds. The number of hydrogen-bond acceptors (Lipinski definition) is 2. The highest BCUT2D eigenvalue weighted by atomic mass is 15.1. The van der Waals surface area contributed by atoms with Gasteiger partial charge in [-0.1, -0.05) is 49.4 Å². The van der Waals surface area contributed by atoms with E-state index in [9.17, 15) is 0 Å². The van der Waals surface area contributed by atoms with Crippen molar-refractivity contribution in [2.75, 3.05) is 0 Å². The number of fused-ring (bicyclic) bond motifs is 1. The van der Waals surface area contributed by atoms with Crippen molar-refractivity contribution in [1.82, 2.24) is 9.55 Å². The van der Waals surface area contributed by atoms with Gasteiger partial charge >= 0.3 is 0 Å². The highest BCUT2D eigenvalue weighted by Crippen LogP contribution is 2.28. The first-order valence-corrected chi connectivity index (χ1v) is 7.48. The molecule has 0 aliphatic carbocycles. The summed E-state index contributed by atoms with van der Waals surface area (Å²) in [5.74, 6) is 1.09. The van der Waals surface area contributed by atoms with Gasteiger partial charge in [-0.2, -0.15) is 0 Å². The lowest BCUT2D eigenvalue weighted by Crippen LogP contribution is -2.31. The zero-order chi connectivity index (χ0) is 14.8. The molecule has 3 nitrogen and oxygen atoms in total. The Bertz CT molecular complexity index is 729. The van der Waals surface area contributed by atoms with Crippen LogP contribution >= 0.6 is 0 Å². The van der Waals surface area contributed by atoms with Gasteiger partial charge < -0.3 is 10.3 Å². The fourth-order valence-corrected chi connectivity index (χ4v) is 2.99. The van der Waals surface area contributed by atoms with E-state index in [2.05, 4.69) is 60.9 Å². The number of hydrogen-bond donors (Lipinski definition) is 1. The van der Waals surface area contributed by atoms with Gasteiger partial charge in [-0.3, -0.25) is 0 Å². The summed E-state index contributed by atoms with van der Waals surface area (Å²) in [6.45, 7) is 4.20. The van der Waals surface area contributed by atoms with Gasteiger partial charge in [-0.25, -0.2) is 4.98 Å². The first kappa shape index (κ1) is 13.8. The molecular formula is C18H21N3. The van der Waals surface area contributed by atoms with E-state index in [0.717, 1.165) is 23.3 Å². The van der Waals surface area contributed by atoms with Crippen LogP contribution in [0.4, 0.5) is 0 Å². The second-order valence-electron chi connectivity index (χ2n) is 5.45. The molecule has 3 aromatic rings. The molecule has 3 rings (SSSR count). The third-order valence-electron chi connectivity index (χ3n) is 3.90. The number of aromatic nitrogens is 2. The van der Waals surface area contributed by atoms with Gasteiger partial charge in [0.2, 0.25) is 0 Å². The molecule has 3 heteroatoms. The van der Waals surface area contributed by atoms with E-state index in [1.54, 1.807) is 0 Å². The van der Waals surface area contributed by atoms with E-state index in [1.165, 1.54) is 5.56 Å². The molecule has 2 atom stereocenters. The average molecular weight is 279 g/mol. The normalized spacial score (nSPS) is 14.2. The Labute approximate surface area is 125 Å². The van der Waals surface area contributed by atoms with E-state index in [1.807, 2.05) is 12.1 Å². The summed E-state index contributed by atoms with van der Waals surface area (Å²) in [5, 5.41) is 0. The SMILES string of the molecule is CCc1nc2ccccc2n1C(c1ccccc1)C(C)N. The maximum absolute atomic E-state index is 6.33. The van der Waals surface area contributed by atoms with Crippen molar-refractivity contribution in [2.45, 2.75) is 32.4 Å². The van der Waals surface area contributed by atoms with Gasteiger partial charge in [-0.05, 0) is 24.6 Å². The summed E-state index contributed by atoms with van der Waals surface area (Å²) in [7, 11) is 0. The van der Waals surface area contributed by atoms with Crippen molar-refractivity contribution < 1.29 is 0 Å². The largest absolute Gasteiger partial charge is 0.326 e. The van der Waals surface area contributed by atoms with Gasteiger partial charge in [0.25, 0.3) is 0 Å².